The monoisotopic (exact) mass is 320 g/mol. The first kappa shape index (κ1) is 16.5. The summed E-state index contributed by atoms with van der Waals surface area (Å²) in [6.45, 7) is 1.24. The molecule has 0 spiro atoms. The van der Waals surface area contributed by atoms with Gasteiger partial charge in [0.1, 0.15) is 17.8 Å². The molecule has 8 heteroatoms. The molecule has 3 amide bonds. The van der Waals surface area contributed by atoms with Crippen LogP contribution >= 0.6 is 0 Å². The maximum absolute atomic E-state index is 12.3. The highest BCUT2D eigenvalue weighted by molar-refractivity contribution is 6.03. The van der Waals surface area contributed by atoms with Crippen LogP contribution in [0, 0.1) is 0 Å². The predicted molar refractivity (Wildman–Crippen MR) is 77.3 cm³/mol. The summed E-state index contributed by atoms with van der Waals surface area (Å²) in [5.41, 5.74) is 0. The maximum Gasteiger partial charge on any atom is 0.422 e. The molecule has 1 aliphatic rings. The molecule has 1 N–H and O–H groups in total. The van der Waals surface area contributed by atoms with Crippen LogP contribution in [0.5, 0.6) is 5.75 Å². The van der Waals surface area contributed by atoms with E-state index >= 15 is 0 Å². The van der Waals surface area contributed by atoms with Crippen LogP contribution in [0.2, 0.25) is 0 Å². The van der Waals surface area contributed by atoms with Gasteiger partial charge in [-0.3, -0.25) is 9.59 Å². The number of ether oxygens (including phenoxy) is 2. The van der Waals surface area contributed by atoms with Crippen molar-refractivity contribution in [3.8, 4) is 5.75 Å². The van der Waals surface area contributed by atoms with Crippen LogP contribution in [0.25, 0.3) is 0 Å². The second kappa shape index (κ2) is 6.91. The quantitative estimate of drug-likeness (QED) is 0.812. The maximum atomic E-state index is 12.3. The molecule has 0 aromatic heterocycles. The summed E-state index contributed by atoms with van der Waals surface area (Å²) in [6.07, 6.45) is -1.06. The van der Waals surface area contributed by atoms with Crippen LogP contribution in [-0.4, -0.2) is 48.0 Å². The minimum Gasteiger partial charge on any atom is -0.467 e. The van der Waals surface area contributed by atoms with E-state index in [1.165, 1.54) is 19.1 Å². The van der Waals surface area contributed by atoms with Gasteiger partial charge in [0.2, 0.25) is 5.91 Å². The van der Waals surface area contributed by atoms with Gasteiger partial charge in [-0.15, -0.1) is 0 Å². The molecule has 2 rings (SSSR count). The van der Waals surface area contributed by atoms with Crippen molar-refractivity contribution in [3.63, 3.8) is 0 Å². The number of rotatable bonds is 3. The zero-order valence-corrected chi connectivity index (χ0v) is 12.6. The van der Waals surface area contributed by atoms with E-state index in [0.29, 0.717) is 4.90 Å². The van der Waals surface area contributed by atoms with Gasteiger partial charge >= 0.3 is 12.1 Å². The number of methoxy groups -OCH3 is 1. The van der Waals surface area contributed by atoms with Gasteiger partial charge in [-0.2, -0.15) is 0 Å². The van der Waals surface area contributed by atoms with E-state index in [-0.39, 0.29) is 12.2 Å². The molecule has 0 radical (unpaired) electrons. The van der Waals surface area contributed by atoms with Gasteiger partial charge in [0.15, 0.2) is 0 Å². The molecule has 0 aliphatic carbocycles. The zero-order valence-electron chi connectivity index (χ0n) is 12.6. The summed E-state index contributed by atoms with van der Waals surface area (Å²) < 4.78 is 9.71. The zero-order chi connectivity index (χ0) is 17.0. The molecule has 1 aromatic rings. The SMILES string of the molecule is COC(=O)[C@@H]1C[C@H](NC(C)=O)C(=O)N1C(=O)Oc1ccccc1. The predicted octanol–water partition coefficient (Wildman–Crippen LogP) is 0.464. The molecular formula is C15H16N2O6. The first-order valence-electron chi connectivity index (χ1n) is 6.89. The highest BCUT2D eigenvalue weighted by Crippen LogP contribution is 2.23. The van der Waals surface area contributed by atoms with Crippen molar-refractivity contribution in [2.24, 2.45) is 0 Å². The van der Waals surface area contributed by atoms with Gasteiger partial charge < -0.3 is 14.8 Å². The second-order valence-corrected chi connectivity index (χ2v) is 4.92. The van der Waals surface area contributed by atoms with Crippen molar-refractivity contribution >= 4 is 23.9 Å². The largest absolute Gasteiger partial charge is 0.467 e. The minimum atomic E-state index is -1.14. The molecule has 1 heterocycles. The summed E-state index contributed by atoms with van der Waals surface area (Å²) in [6, 6.07) is 6.02. The Morgan fingerprint density at radius 3 is 2.43 bits per heavy atom. The molecule has 0 saturated carbocycles. The third-order valence-electron chi connectivity index (χ3n) is 3.30. The number of imide groups is 1. The Hall–Kier alpha value is -2.90. The van der Waals surface area contributed by atoms with Gasteiger partial charge in [0.25, 0.3) is 5.91 Å². The smallest absolute Gasteiger partial charge is 0.422 e. The number of esters is 1. The Balaban J connectivity index is 2.20. The number of nitrogens with one attached hydrogen (secondary N) is 1. The van der Waals surface area contributed by atoms with Crippen LogP contribution in [0.1, 0.15) is 13.3 Å². The Morgan fingerprint density at radius 2 is 1.87 bits per heavy atom. The van der Waals surface area contributed by atoms with Crippen LogP contribution in [0.15, 0.2) is 30.3 Å². The topological polar surface area (TPSA) is 102 Å². The van der Waals surface area contributed by atoms with E-state index < -0.39 is 36.0 Å². The minimum absolute atomic E-state index is 0.0605. The Bertz CT molecular complexity index is 630. The number of para-hydroxylation sites is 1. The molecule has 1 saturated heterocycles. The molecule has 0 bridgehead atoms. The molecule has 0 unspecified atom stereocenters. The molecule has 122 valence electrons. The highest BCUT2D eigenvalue weighted by atomic mass is 16.6. The number of hydrogen-bond acceptors (Lipinski definition) is 6. The van der Waals surface area contributed by atoms with Crippen LogP contribution in [0.4, 0.5) is 4.79 Å². The van der Waals surface area contributed by atoms with Crippen LogP contribution < -0.4 is 10.1 Å². The summed E-state index contributed by atoms with van der Waals surface area (Å²) in [4.78, 5) is 48.2. The highest BCUT2D eigenvalue weighted by Gasteiger charge is 2.48. The van der Waals surface area contributed by atoms with Crippen LogP contribution in [-0.2, 0) is 19.1 Å². The molecule has 1 aliphatic heterocycles. The lowest BCUT2D eigenvalue weighted by Gasteiger charge is -2.19. The van der Waals surface area contributed by atoms with Gasteiger partial charge in [0, 0.05) is 13.3 Å². The van der Waals surface area contributed by atoms with E-state index in [0.717, 1.165) is 7.11 Å². The van der Waals surface area contributed by atoms with Crippen molar-refractivity contribution in [1.29, 1.82) is 0 Å². The molecule has 1 fully saturated rings. The standard InChI is InChI=1S/C15H16N2O6/c1-9(18)16-11-8-12(14(20)22-2)17(13(11)19)15(21)23-10-6-4-3-5-7-10/h3-7,11-12H,8H2,1-2H3,(H,16,18)/t11-,12-/m0/s1. The third kappa shape index (κ3) is 3.65. The fourth-order valence-corrected chi connectivity index (χ4v) is 2.31. The lowest BCUT2D eigenvalue weighted by molar-refractivity contribution is -0.147. The summed E-state index contributed by atoms with van der Waals surface area (Å²) in [7, 11) is 1.15. The summed E-state index contributed by atoms with van der Waals surface area (Å²) in [5, 5.41) is 2.40. The lowest BCUT2D eigenvalue weighted by atomic mass is 10.1. The number of carbonyl (C=O) groups excluding carboxylic acids is 4. The van der Waals surface area contributed by atoms with Crippen molar-refractivity contribution in [2.45, 2.75) is 25.4 Å². The average molecular weight is 320 g/mol. The fraction of sp³-hybridized carbons (Fsp3) is 0.333. The first-order valence-corrected chi connectivity index (χ1v) is 6.89. The van der Waals surface area contributed by atoms with E-state index in [2.05, 4.69) is 10.1 Å². The molecule has 23 heavy (non-hydrogen) atoms. The number of carbonyl (C=O) groups is 4. The second-order valence-electron chi connectivity index (χ2n) is 4.92. The number of benzene rings is 1. The first-order chi connectivity index (χ1) is 10.9. The lowest BCUT2D eigenvalue weighted by Crippen LogP contribution is -2.47. The van der Waals surface area contributed by atoms with E-state index in [9.17, 15) is 19.2 Å². The van der Waals surface area contributed by atoms with Gasteiger partial charge in [-0.1, -0.05) is 18.2 Å². The third-order valence-corrected chi connectivity index (χ3v) is 3.30. The number of likely N-dealkylation sites (tertiary alicyclic amines) is 1. The fourth-order valence-electron chi connectivity index (χ4n) is 2.31. The molecule has 8 nitrogen and oxygen atoms in total. The van der Waals surface area contributed by atoms with Crippen molar-refractivity contribution in [1.82, 2.24) is 10.2 Å². The van der Waals surface area contributed by atoms with Crippen molar-refractivity contribution in [3.05, 3.63) is 30.3 Å². The summed E-state index contributed by atoms with van der Waals surface area (Å²) >= 11 is 0. The molecular weight excluding hydrogens is 304 g/mol. The van der Waals surface area contributed by atoms with Gasteiger partial charge in [-0.25, -0.2) is 14.5 Å². The average Bonchev–Trinajstić information content (AvgIpc) is 2.84. The number of nitrogens with zero attached hydrogens (tertiary/aromatic N) is 1. The van der Waals surface area contributed by atoms with E-state index in [1.54, 1.807) is 18.2 Å². The summed E-state index contributed by atoms with van der Waals surface area (Å²) in [5.74, 6) is -1.67. The van der Waals surface area contributed by atoms with Crippen molar-refractivity contribution in [2.75, 3.05) is 7.11 Å². The molecule has 1 aromatic carbocycles. The van der Waals surface area contributed by atoms with E-state index in [4.69, 9.17) is 4.74 Å². The Morgan fingerprint density at radius 1 is 1.22 bits per heavy atom. The van der Waals surface area contributed by atoms with Crippen LogP contribution in [0.3, 0.4) is 0 Å². The normalized spacial score (nSPS) is 20.1. The van der Waals surface area contributed by atoms with Crippen molar-refractivity contribution < 1.29 is 28.7 Å². The van der Waals surface area contributed by atoms with Gasteiger partial charge in [-0.05, 0) is 12.1 Å². The number of amides is 3. The van der Waals surface area contributed by atoms with Gasteiger partial charge in [0.05, 0.1) is 7.11 Å². The van der Waals surface area contributed by atoms with E-state index in [1.807, 2.05) is 0 Å². The Labute approximate surface area is 132 Å². The number of hydrogen-bond donors (Lipinski definition) is 1. The Kier molecular flexibility index (Phi) is 4.95. The molecule has 2 atom stereocenters.